The first-order valence-corrected chi connectivity index (χ1v) is 6.07. The van der Waals surface area contributed by atoms with Gasteiger partial charge in [0.05, 0.1) is 5.25 Å². The number of sulfonamides is 1. The van der Waals surface area contributed by atoms with Crippen LogP contribution in [0.15, 0.2) is 0 Å². The normalized spacial score (nSPS) is 15.3. The fourth-order valence-corrected chi connectivity index (χ4v) is 1.87. The summed E-state index contributed by atoms with van der Waals surface area (Å²) in [6.07, 6.45) is 0. The molecule has 0 radical (unpaired) electrons. The minimum atomic E-state index is -3.18. The summed E-state index contributed by atoms with van der Waals surface area (Å²) in [5.41, 5.74) is 5.45. The van der Waals surface area contributed by atoms with Crippen molar-refractivity contribution in [3.8, 4) is 0 Å². The van der Waals surface area contributed by atoms with Crippen molar-refractivity contribution in [2.45, 2.75) is 39.0 Å². The Labute approximate surface area is 80.9 Å². The van der Waals surface area contributed by atoms with Crippen molar-refractivity contribution in [2.75, 3.05) is 6.54 Å². The van der Waals surface area contributed by atoms with Crippen LogP contribution in [0.5, 0.6) is 0 Å². The Morgan fingerprint density at radius 3 is 1.92 bits per heavy atom. The molecule has 1 atom stereocenters. The first-order chi connectivity index (χ1) is 5.81. The monoisotopic (exact) mass is 208 g/mol. The topological polar surface area (TPSA) is 72.2 Å². The van der Waals surface area contributed by atoms with Crippen LogP contribution < -0.4 is 10.5 Å². The number of hydrogen-bond donors (Lipinski definition) is 2. The molecule has 0 bridgehead atoms. The molecule has 0 saturated heterocycles. The van der Waals surface area contributed by atoms with Gasteiger partial charge < -0.3 is 5.73 Å². The molecule has 0 aromatic heterocycles. The van der Waals surface area contributed by atoms with E-state index in [2.05, 4.69) is 4.72 Å². The highest BCUT2D eigenvalue weighted by molar-refractivity contribution is 7.90. The van der Waals surface area contributed by atoms with Gasteiger partial charge in [0, 0.05) is 12.6 Å². The van der Waals surface area contributed by atoms with E-state index in [4.69, 9.17) is 5.73 Å². The predicted molar refractivity (Wildman–Crippen MR) is 54.9 cm³/mol. The van der Waals surface area contributed by atoms with Gasteiger partial charge in [0.2, 0.25) is 10.0 Å². The van der Waals surface area contributed by atoms with Gasteiger partial charge in [-0.3, -0.25) is 0 Å². The van der Waals surface area contributed by atoms with Crippen molar-refractivity contribution in [3.63, 3.8) is 0 Å². The van der Waals surface area contributed by atoms with Crippen molar-refractivity contribution in [3.05, 3.63) is 0 Å². The Morgan fingerprint density at radius 2 is 1.69 bits per heavy atom. The van der Waals surface area contributed by atoms with E-state index >= 15 is 0 Å². The third-order valence-corrected chi connectivity index (χ3v) is 3.87. The van der Waals surface area contributed by atoms with Gasteiger partial charge in [-0.15, -0.1) is 0 Å². The first kappa shape index (κ1) is 12.9. The summed E-state index contributed by atoms with van der Waals surface area (Å²) in [5, 5.41) is -0.403. The molecule has 0 rings (SSSR count). The summed E-state index contributed by atoms with van der Waals surface area (Å²) in [4.78, 5) is 0. The first-order valence-electron chi connectivity index (χ1n) is 4.52. The molecule has 0 saturated carbocycles. The third kappa shape index (κ3) is 4.06. The lowest BCUT2D eigenvalue weighted by Gasteiger charge is -2.21. The fraction of sp³-hybridized carbons (Fsp3) is 1.00. The smallest absolute Gasteiger partial charge is 0.214 e. The lowest BCUT2D eigenvalue weighted by atomic mass is 10.1. The summed E-state index contributed by atoms with van der Waals surface area (Å²) in [6.45, 7) is 7.52. The van der Waals surface area contributed by atoms with Crippen LogP contribution >= 0.6 is 0 Å². The molecule has 4 nitrogen and oxygen atoms in total. The summed E-state index contributed by atoms with van der Waals surface area (Å²) in [5.74, 6) is 0.221. The summed E-state index contributed by atoms with van der Waals surface area (Å²) < 4.78 is 25.5. The third-order valence-electron chi connectivity index (χ3n) is 1.99. The summed E-state index contributed by atoms with van der Waals surface area (Å²) in [6, 6.07) is -0.160. The molecular formula is C8H20N2O2S. The maximum absolute atomic E-state index is 11.4. The van der Waals surface area contributed by atoms with E-state index in [0.29, 0.717) is 6.54 Å². The lowest BCUT2D eigenvalue weighted by molar-refractivity contribution is 0.452. The van der Waals surface area contributed by atoms with Crippen LogP contribution in [-0.2, 0) is 10.0 Å². The van der Waals surface area contributed by atoms with Gasteiger partial charge in [0.25, 0.3) is 0 Å². The average molecular weight is 208 g/mol. The van der Waals surface area contributed by atoms with Crippen LogP contribution in [0.4, 0.5) is 0 Å². The molecular weight excluding hydrogens is 188 g/mol. The molecule has 1 unspecified atom stereocenters. The molecule has 0 fully saturated rings. The van der Waals surface area contributed by atoms with Crippen LogP contribution in [0.3, 0.4) is 0 Å². The quantitative estimate of drug-likeness (QED) is 0.682. The van der Waals surface area contributed by atoms with Crippen LogP contribution in [0.25, 0.3) is 0 Å². The SMILES string of the molecule is CC(C)C(CN)NS(=O)(=O)C(C)C. The standard InChI is InChI=1S/C8H20N2O2S/c1-6(2)8(5-9)10-13(11,12)7(3)4/h6-8,10H,5,9H2,1-4H3. The van der Waals surface area contributed by atoms with E-state index in [0.717, 1.165) is 0 Å². The van der Waals surface area contributed by atoms with E-state index in [1.165, 1.54) is 0 Å². The van der Waals surface area contributed by atoms with Gasteiger partial charge in [-0.1, -0.05) is 13.8 Å². The molecule has 0 aromatic rings. The highest BCUT2D eigenvalue weighted by Gasteiger charge is 2.21. The summed E-state index contributed by atoms with van der Waals surface area (Å²) >= 11 is 0. The van der Waals surface area contributed by atoms with Crippen molar-refractivity contribution >= 4 is 10.0 Å². The molecule has 0 aromatic carbocycles. The van der Waals surface area contributed by atoms with E-state index in [1.807, 2.05) is 13.8 Å². The number of nitrogens with one attached hydrogen (secondary N) is 1. The lowest BCUT2D eigenvalue weighted by Crippen LogP contribution is -2.46. The van der Waals surface area contributed by atoms with Gasteiger partial charge in [-0.2, -0.15) is 0 Å². The Kier molecular flexibility index (Phi) is 4.88. The molecule has 0 spiro atoms. The van der Waals surface area contributed by atoms with Crippen LogP contribution in [0.2, 0.25) is 0 Å². The largest absolute Gasteiger partial charge is 0.329 e. The fourth-order valence-electron chi connectivity index (χ4n) is 0.803. The van der Waals surface area contributed by atoms with Crippen LogP contribution in [0.1, 0.15) is 27.7 Å². The van der Waals surface area contributed by atoms with Gasteiger partial charge in [-0.05, 0) is 19.8 Å². The predicted octanol–water partition coefficient (Wildman–Crippen LogP) is 0.298. The minimum absolute atomic E-state index is 0.160. The maximum atomic E-state index is 11.4. The van der Waals surface area contributed by atoms with Crippen molar-refractivity contribution in [2.24, 2.45) is 11.7 Å². The van der Waals surface area contributed by atoms with Crippen molar-refractivity contribution in [1.82, 2.24) is 4.72 Å². The van der Waals surface area contributed by atoms with Gasteiger partial charge >= 0.3 is 0 Å². The highest BCUT2D eigenvalue weighted by Crippen LogP contribution is 2.04. The van der Waals surface area contributed by atoms with E-state index < -0.39 is 15.3 Å². The zero-order valence-corrected chi connectivity index (χ0v) is 9.56. The Balaban J connectivity index is 4.41. The van der Waals surface area contributed by atoms with Crippen LogP contribution in [-0.4, -0.2) is 26.3 Å². The minimum Gasteiger partial charge on any atom is -0.329 e. The number of nitrogens with two attached hydrogens (primary N) is 1. The van der Waals surface area contributed by atoms with Crippen molar-refractivity contribution < 1.29 is 8.42 Å². The van der Waals surface area contributed by atoms with Gasteiger partial charge in [0.15, 0.2) is 0 Å². The zero-order valence-electron chi connectivity index (χ0n) is 8.74. The summed E-state index contributed by atoms with van der Waals surface area (Å²) in [7, 11) is -3.18. The van der Waals surface area contributed by atoms with E-state index in [1.54, 1.807) is 13.8 Å². The average Bonchev–Trinajstić information content (AvgIpc) is 1.99. The molecule has 80 valence electrons. The van der Waals surface area contributed by atoms with Gasteiger partial charge in [0.1, 0.15) is 0 Å². The highest BCUT2D eigenvalue weighted by atomic mass is 32.2. The molecule has 0 aliphatic rings. The number of hydrogen-bond acceptors (Lipinski definition) is 3. The zero-order chi connectivity index (χ0) is 10.6. The second-order valence-electron chi connectivity index (χ2n) is 3.80. The van der Waals surface area contributed by atoms with Gasteiger partial charge in [-0.25, -0.2) is 13.1 Å². The Bertz CT molecular complexity index is 235. The molecule has 0 aliphatic carbocycles. The second-order valence-corrected chi connectivity index (χ2v) is 6.07. The molecule has 3 N–H and O–H groups in total. The van der Waals surface area contributed by atoms with Crippen LogP contribution in [0, 0.1) is 5.92 Å². The maximum Gasteiger partial charge on any atom is 0.214 e. The second kappa shape index (κ2) is 4.93. The Morgan fingerprint density at radius 1 is 1.23 bits per heavy atom. The number of rotatable bonds is 5. The molecule has 0 amide bonds. The molecule has 5 heteroatoms. The molecule has 0 heterocycles. The molecule has 13 heavy (non-hydrogen) atoms. The molecule has 0 aliphatic heterocycles. The van der Waals surface area contributed by atoms with Crippen molar-refractivity contribution in [1.29, 1.82) is 0 Å². The van der Waals surface area contributed by atoms with E-state index in [9.17, 15) is 8.42 Å². The van der Waals surface area contributed by atoms with E-state index in [-0.39, 0.29) is 12.0 Å². The Hall–Kier alpha value is -0.130.